The maximum atomic E-state index is 13.4. The van der Waals surface area contributed by atoms with Gasteiger partial charge < -0.3 is 5.73 Å². The minimum Gasteiger partial charge on any atom is -0.322 e. The van der Waals surface area contributed by atoms with Crippen molar-refractivity contribution in [2.45, 2.75) is 19.4 Å². The molecule has 0 unspecified atom stereocenters. The number of rotatable bonds is 1. The molecule has 0 aromatic heterocycles. The van der Waals surface area contributed by atoms with Gasteiger partial charge in [-0.1, -0.05) is 0 Å². The highest BCUT2D eigenvalue weighted by atomic mass is 79.9. The van der Waals surface area contributed by atoms with E-state index in [1.807, 2.05) is 0 Å². The third kappa shape index (κ3) is 1.93. The molecule has 0 aliphatic carbocycles. The van der Waals surface area contributed by atoms with Crippen LogP contribution in [-0.2, 0) is 5.54 Å². The van der Waals surface area contributed by atoms with Gasteiger partial charge in [-0.2, -0.15) is 0 Å². The van der Waals surface area contributed by atoms with Gasteiger partial charge in [0, 0.05) is 11.1 Å². The molecule has 5 heteroatoms. The standard InChI is InChI=1S/C9H9BrF3N/c1-9(2,14)4-3-5(11)8(13)6(10)7(4)12/h3H,14H2,1-2H3. The number of nitrogens with two attached hydrogens (primary N) is 1. The van der Waals surface area contributed by atoms with Crippen LogP contribution in [0.5, 0.6) is 0 Å². The SMILES string of the molecule is CC(C)(N)c1cc(F)c(F)c(Br)c1F. The lowest BCUT2D eigenvalue weighted by molar-refractivity contribution is 0.453. The molecule has 0 saturated carbocycles. The van der Waals surface area contributed by atoms with Crippen molar-refractivity contribution in [2.75, 3.05) is 0 Å². The molecule has 2 N–H and O–H groups in total. The highest BCUT2D eigenvalue weighted by Gasteiger charge is 2.24. The van der Waals surface area contributed by atoms with Gasteiger partial charge in [0.05, 0.1) is 4.47 Å². The van der Waals surface area contributed by atoms with Gasteiger partial charge in [-0.15, -0.1) is 0 Å². The minimum absolute atomic E-state index is 0.0664. The third-order valence-corrected chi connectivity index (χ3v) is 2.49. The van der Waals surface area contributed by atoms with Crippen molar-refractivity contribution < 1.29 is 13.2 Å². The fourth-order valence-corrected chi connectivity index (χ4v) is 1.44. The fraction of sp³-hybridized carbons (Fsp3) is 0.333. The van der Waals surface area contributed by atoms with E-state index in [-0.39, 0.29) is 5.56 Å². The number of hydrogen-bond acceptors (Lipinski definition) is 1. The molecule has 1 rings (SSSR count). The van der Waals surface area contributed by atoms with Crippen LogP contribution in [0.25, 0.3) is 0 Å². The first-order valence-corrected chi connectivity index (χ1v) is 4.66. The molecule has 0 atom stereocenters. The second kappa shape index (κ2) is 3.55. The summed E-state index contributed by atoms with van der Waals surface area (Å²) < 4.78 is 38.7. The lowest BCUT2D eigenvalue weighted by atomic mass is 9.95. The van der Waals surface area contributed by atoms with Crippen LogP contribution < -0.4 is 5.73 Å². The van der Waals surface area contributed by atoms with E-state index in [2.05, 4.69) is 15.9 Å². The zero-order valence-electron chi connectivity index (χ0n) is 7.67. The van der Waals surface area contributed by atoms with Crippen molar-refractivity contribution in [3.05, 3.63) is 33.6 Å². The predicted molar refractivity (Wildman–Crippen MR) is 51.2 cm³/mol. The van der Waals surface area contributed by atoms with E-state index in [9.17, 15) is 13.2 Å². The summed E-state index contributed by atoms with van der Waals surface area (Å²) >= 11 is 2.63. The molecule has 0 aliphatic heterocycles. The zero-order chi connectivity index (χ0) is 11.1. The third-order valence-electron chi connectivity index (χ3n) is 1.80. The highest BCUT2D eigenvalue weighted by Crippen LogP contribution is 2.30. The maximum absolute atomic E-state index is 13.4. The first-order valence-electron chi connectivity index (χ1n) is 3.87. The van der Waals surface area contributed by atoms with E-state index >= 15 is 0 Å². The molecule has 0 bridgehead atoms. The minimum atomic E-state index is -1.24. The van der Waals surface area contributed by atoms with Crippen LogP contribution in [0, 0.1) is 17.5 Å². The van der Waals surface area contributed by atoms with Crippen LogP contribution in [-0.4, -0.2) is 0 Å². The quantitative estimate of drug-likeness (QED) is 0.614. The average Bonchev–Trinajstić information content (AvgIpc) is 2.06. The van der Waals surface area contributed by atoms with E-state index in [0.29, 0.717) is 0 Å². The maximum Gasteiger partial charge on any atom is 0.175 e. The fourth-order valence-electron chi connectivity index (χ4n) is 1.04. The number of benzene rings is 1. The Labute approximate surface area is 88.2 Å². The Bertz CT molecular complexity index is 371. The molecule has 1 nitrogen and oxygen atoms in total. The normalized spacial score (nSPS) is 11.9. The lowest BCUT2D eigenvalue weighted by Crippen LogP contribution is -2.30. The Balaban J connectivity index is 3.49. The Morgan fingerprint density at radius 2 is 1.71 bits per heavy atom. The van der Waals surface area contributed by atoms with Crippen LogP contribution in [0.3, 0.4) is 0 Å². The zero-order valence-corrected chi connectivity index (χ0v) is 9.25. The van der Waals surface area contributed by atoms with Crippen molar-refractivity contribution in [3.8, 4) is 0 Å². The van der Waals surface area contributed by atoms with Gasteiger partial charge in [0.1, 0.15) is 5.82 Å². The summed E-state index contributed by atoms with van der Waals surface area (Å²) in [5, 5.41) is 0. The van der Waals surface area contributed by atoms with Crippen molar-refractivity contribution in [1.82, 2.24) is 0 Å². The van der Waals surface area contributed by atoms with Gasteiger partial charge in [0.2, 0.25) is 0 Å². The van der Waals surface area contributed by atoms with E-state index < -0.39 is 27.5 Å². The molecule has 0 fully saturated rings. The summed E-state index contributed by atoms with van der Waals surface area (Å²) in [6.45, 7) is 3.02. The second-order valence-corrected chi connectivity index (χ2v) is 4.36. The van der Waals surface area contributed by atoms with Crippen LogP contribution in [0.4, 0.5) is 13.2 Å². The summed E-state index contributed by atoms with van der Waals surface area (Å²) in [6.07, 6.45) is 0. The molecule has 1 aromatic rings. The Hall–Kier alpha value is -0.550. The monoisotopic (exact) mass is 267 g/mol. The van der Waals surface area contributed by atoms with Gasteiger partial charge in [0.15, 0.2) is 11.6 Å². The van der Waals surface area contributed by atoms with Crippen molar-refractivity contribution in [3.63, 3.8) is 0 Å². The summed E-state index contributed by atoms with van der Waals surface area (Å²) in [6, 6.07) is 0.773. The summed E-state index contributed by atoms with van der Waals surface area (Å²) in [5.41, 5.74) is 4.47. The van der Waals surface area contributed by atoms with E-state index in [1.165, 1.54) is 13.8 Å². The van der Waals surface area contributed by atoms with Gasteiger partial charge in [-0.25, -0.2) is 13.2 Å². The lowest BCUT2D eigenvalue weighted by Gasteiger charge is -2.20. The number of halogens is 4. The molecule has 0 radical (unpaired) electrons. The van der Waals surface area contributed by atoms with Gasteiger partial charge in [-0.05, 0) is 35.8 Å². The molecule has 0 aliphatic rings. The first kappa shape index (κ1) is 11.5. The Kier molecular flexibility index (Phi) is 2.92. The summed E-state index contributed by atoms with van der Waals surface area (Å²) in [5.74, 6) is -3.22. The van der Waals surface area contributed by atoms with Crippen molar-refractivity contribution >= 4 is 15.9 Å². The van der Waals surface area contributed by atoms with Crippen LogP contribution in [0.2, 0.25) is 0 Å². The molecule has 14 heavy (non-hydrogen) atoms. The van der Waals surface area contributed by atoms with Crippen LogP contribution in [0.1, 0.15) is 19.4 Å². The van der Waals surface area contributed by atoms with Crippen molar-refractivity contribution in [2.24, 2.45) is 5.73 Å². The van der Waals surface area contributed by atoms with Gasteiger partial charge in [0.25, 0.3) is 0 Å². The van der Waals surface area contributed by atoms with E-state index in [1.54, 1.807) is 0 Å². The Morgan fingerprint density at radius 3 is 2.14 bits per heavy atom. The molecule has 1 aromatic carbocycles. The highest BCUT2D eigenvalue weighted by molar-refractivity contribution is 9.10. The molecule has 0 spiro atoms. The van der Waals surface area contributed by atoms with Crippen LogP contribution in [0.15, 0.2) is 10.5 Å². The molecule has 0 saturated heterocycles. The van der Waals surface area contributed by atoms with E-state index in [4.69, 9.17) is 5.73 Å². The summed E-state index contributed by atoms with van der Waals surface area (Å²) in [4.78, 5) is 0. The molecule has 0 amide bonds. The molecular formula is C9H9BrF3N. The largest absolute Gasteiger partial charge is 0.322 e. The molecule has 78 valence electrons. The Morgan fingerprint density at radius 1 is 1.21 bits per heavy atom. The second-order valence-electron chi connectivity index (χ2n) is 3.57. The predicted octanol–water partition coefficient (Wildman–Crippen LogP) is 3.06. The van der Waals surface area contributed by atoms with Gasteiger partial charge in [-0.3, -0.25) is 0 Å². The van der Waals surface area contributed by atoms with E-state index in [0.717, 1.165) is 6.07 Å². The molecule has 0 heterocycles. The van der Waals surface area contributed by atoms with Crippen molar-refractivity contribution in [1.29, 1.82) is 0 Å². The number of hydrogen-bond donors (Lipinski definition) is 1. The average molecular weight is 268 g/mol. The molecular weight excluding hydrogens is 259 g/mol. The summed E-state index contributed by atoms with van der Waals surface area (Å²) in [7, 11) is 0. The van der Waals surface area contributed by atoms with Gasteiger partial charge >= 0.3 is 0 Å². The topological polar surface area (TPSA) is 26.0 Å². The van der Waals surface area contributed by atoms with Crippen LogP contribution >= 0.6 is 15.9 Å². The first-order chi connectivity index (χ1) is 6.25. The smallest absolute Gasteiger partial charge is 0.175 e.